The van der Waals surface area contributed by atoms with Gasteiger partial charge in [0, 0.05) is 18.5 Å². The highest BCUT2D eigenvalue weighted by atomic mass is 32.2. The van der Waals surface area contributed by atoms with Gasteiger partial charge in [-0.1, -0.05) is 18.2 Å². The molecule has 0 radical (unpaired) electrons. The molecule has 22 heavy (non-hydrogen) atoms. The highest BCUT2D eigenvalue weighted by Gasteiger charge is 2.30. The van der Waals surface area contributed by atoms with Crippen molar-refractivity contribution in [3.05, 3.63) is 34.9 Å². The van der Waals surface area contributed by atoms with E-state index in [-0.39, 0.29) is 24.2 Å². The van der Waals surface area contributed by atoms with Gasteiger partial charge in [0.15, 0.2) is 0 Å². The summed E-state index contributed by atoms with van der Waals surface area (Å²) in [5, 5.41) is 0. The first-order valence-electron chi connectivity index (χ1n) is 7.36. The van der Waals surface area contributed by atoms with Gasteiger partial charge in [-0.05, 0) is 36.0 Å². The van der Waals surface area contributed by atoms with E-state index in [1.807, 2.05) is 0 Å². The molecule has 3 rings (SSSR count). The first-order valence-corrected chi connectivity index (χ1v) is 8.17. The van der Waals surface area contributed by atoms with E-state index in [1.54, 1.807) is 0 Å². The molecule has 2 heterocycles. The first-order chi connectivity index (χ1) is 10.5. The molecule has 1 aromatic rings. The summed E-state index contributed by atoms with van der Waals surface area (Å²) in [7, 11) is 0. The van der Waals surface area contributed by atoms with E-state index in [1.165, 1.54) is 16.7 Å². The molecule has 0 bridgehead atoms. The minimum absolute atomic E-state index is 0.174. The summed E-state index contributed by atoms with van der Waals surface area (Å²) in [5.41, 5.74) is -0.623. The van der Waals surface area contributed by atoms with Gasteiger partial charge in [-0.15, -0.1) is 0 Å². The van der Waals surface area contributed by atoms with Crippen LogP contribution in [-0.4, -0.2) is 25.3 Å². The average molecular weight is 333 g/mol. The fourth-order valence-corrected chi connectivity index (χ4v) is 2.81. The maximum Gasteiger partial charge on any atom is 0.456 e. The Morgan fingerprint density at radius 1 is 1.05 bits per heavy atom. The summed E-state index contributed by atoms with van der Waals surface area (Å²) >= 11 is -0.174. The standard InChI is InChI=1S/C15H18F3NO2S/c16-15(17,18)22-19-4-2-1-3-10-5-11(13-8-20-13)7-12(6-10)14-9-21-14/h5-7,13-14,19H,1-4,8-9H2. The van der Waals surface area contributed by atoms with Gasteiger partial charge in [0.1, 0.15) is 12.2 Å². The minimum Gasteiger partial charge on any atom is -0.368 e. The Bertz CT molecular complexity index is 486. The number of aryl methyl sites for hydroxylation is 1. The van der Waals surface area contributed by atoms with Crippen LogP contribution in [0.2, 0.25) is 0 Å². The molecule has 2 aliphatic rings. The van der Waals surface area contributed by atoms with Crippen molar-refractivity contribution in [3.63, 3.8) is 0 Å². The average Bonchev–Trinajstić information content (AvgIpc) is 3.33. The zero-order valence-corrected chi connectivity index (χ0v) is 12.8. The third-order valence-electron chi connectivity index (χ3n) is 3.63. The lowest BCUT2D eigenvalue weighted by molar-refractivity contribution is -0.0335. The Morgan fingerprint density at radius 3 is 2.14 bits per heavy atom. The van der Waals surface area contributed by atoms with Gasteiger partial charge in [0.2, 0.25) is 0 Å². The number of hydrogen-bond acceptors (Lipinski definition) is 4. The molecule has 2 saturated heterocycles. The number of ether oxygens (including phenoxy) is 2. The van der Waals surface area contributed by atoms with Crippen molar-refractivity contribution in [2.45, 2.75) is 37.0 Å². The fraction of sp³-hybridized carbons (Fsp3) is 0.600. The summed E-state index contributed by atoms with van der Waals surface area (Å²) in [6.07, 6.45) is 2.84. The van der Waals surface area contributed by atoms with Crippen LogP contribution in [0.25, 0.3) is 0 Å². The van der Waals surface area contributed by atoms with Crippen LogP contribution in [0.3, 0.4) is 0 Å². The largest absolute Gasteiger partial charge is 0.456 e. The monoisotopic (exact) mass is 333 g/mol. The Morgan fingerprint density at radius 2 is 1.64 bits per heavy atom. The molecule has 7 heteroatoms. The van der Waals surface area contributed by atoms with E-state index in [0.717, 1.165) is 26.1 Å². The molecule has 0 aromatic heterocycles. The molecule has 1 aromatic carbocycles. The molecule has 0 spiro atoms. The number of benzene rings is 1. The maximum atomic E-state index is 12.0. The second-order valence-electron chi connectivity index (χ2n) is 5.55. The van der Waals surface area contributed by atoms with E-state index in [0.29, 0.717) is 13.0 Å². The topological polar surface area (TPSA) is 37.1 Å². The Labute approximate surface area is 131 Å². The van der Waals surface area contributed by atoms with E-state index in [9.17, 15) is 13.2 Å². The third-order valence-corrected chi connectivity index (χ3v) is 4.21. The summed E-state index contributed by atoms with van der Waals surface area (Å²) in [5.74, 6) is 0. The van der Waals surface area contributed by atoms with Gasteiger partial charge in [-0.2, -0.15) is 13.2 Å². The van der Waals surface area contributed by atoms with E-state index in [2.05, 4.69) is 22.9 Å². The number of alkyl halides is 3. The van der Waals surface area contributed by atoms with Crippen molar-refractivity contribution in [2.24, 2.45) is 0 Å². The summed E-state index contributed by atoms with van der Waals surface area (Å²) in [6, 6.07) is 6.42. The highest BCUT2D eigenvalue weighted by Crippen LogP contribution is 2.36. The third kappa shape index (κ3) is 5.15. The van der Waals surface area contributed by atoms with Gasteiger partial charge in [-0.25, -0.2) is 0 Å². The molecule has 0 saturated carbocycles. The van der Waals surface area contributed by atoms with Crippen LogP contribution in [0, 0.1) is 0 Å². The predicted molar refractivity (Wildman–Crippen MR) is 78.4 cm³/mol. The Hall–Kier alpha value is -0.760. The Kier molecular flexibility index (Phi) is 4.97. The summed E-state index contributed by atoms with van der Waals surface area (Å²) in [6.45, 7) is 1.90. The smallest absolute Gasteiger partial charge is 0.368 e. The molecule has 2 unspecified atom stereocenters. The lowest BCUT2D eigenvalue weighted by atomic mass is 9.99. The molecular formula is C15H18F3NO2S. The van der Waals surface area contributed by atoms with Crippen molar-refractivity contribution in [2.75, 3.05) is 19.8 Å². The fourth-order valence-electron chi connectivity index (χ4n) is 2.40. The second-order valence-corrected chi connectivity index (χ2v) is 6.51. The summed E-state index contributed by atoms with van der Waals surface area (Å²) < 4.78 is 48.9. The molecule has 0 amide bonds. The molecule has 2 aliphatic heterocycles. The van der Waals surface area contributed by atoms with Crippen LogP contribution >= 0.6 is 11.9 Å². The Balaban J connectivity index is 1.45. The number of epoxide rings is 2. The lowest BCUT2D eigenvalue weighted by Crippen LogP contribution is -2.14. The molecule has 2 fully saturated rings. The maximum absolute atomic E-state index is 12.0. The van der Waals surface area contributed by atoms with Crippen LogP contribution in [-0.2, 0) is 15.9 Å². The molecule has 2 atom stereocenters. The van der Waals surface area contributed by atoms with Crippen LogP contribution in [0.1, 0.15) is 41.7 Å². The normalized spacial score (nSPS) is 23.6. The number of unbranched alkanes of at least 4 members (excludes halogenated alkanes) is 1. The number of rotatable bonds is 8. The predicted octanol–water partition coefficient (Wildman–Crippen LogP) is 3.91. The molecular weight excluding hydrogens is 315 g/mol. The zero-order chi connectivity index (χ0) is 15.6. The van der Waals surface area contributed by atoms with E-state index >= 15 is 0 Å². The van der Waals surface area contributed by atoms with Crippen molar-refractivity contribution in [1.82, 2.24) is 4.72 Å². The van der Waals surface area contributed by atoms with Gasteiger partial charge in [0.05, 0.1) is 13.2 Å². The van der Waals surface area contributed by atoms with Crippen LogP contribution < -0.4 is 4.72 Å². The highest BCUT2D eigenvalue weighted by molar-refractivity contribution is 7.98. The second kappa shape index (κ2) is 6.78. The molecule has 3 nitrogen and oxygen atoms in total. The lowest BCUT2D eigenvalue weighted by Gasteiger charge is -2.09. The minimum atomic E-state index is -4.21. The number of nitrogens with one attached hydrogen (secondary N) is 1. The van der Waals surface area contributed by atoms with Gasteiger partial charge < -0.3 is 9.47 Å². The van der Waals surface area contributed by atoms with Crippen LogP contribution in [0.5, 0.6) is 0 Å². The van der Waals surface area contributed by atoms with E-state index in [4.69, 9.17) is 9.47 Å². The molecule has 0 aliphatic carbocycles. The van der Waals surface area contributed by atoms with Crippen LogP contribution in [0.15, 0.2) is 18.2 Å². The SMILES string of the molecule is FC(F)(F)SNCCCCc1cc(C2CO2)cc(C2CO2)c1. The van der Waals surface area contributed by atoms with Gasteiger partial charge in [0.25, 0.3) is 0 Å². The summed E-state index contributed by atoms with van der Waals surface area (Å²) in [4.78, 5) is 0. The molecule has 1 N–H and O–H groups in total. The number of hydrogen-bond donors (Lipinski definition) is 1. The zero-order valence-electron chi connectivity index (χ0n) is 12.0. The van der Waals surface area contributed by atoms with Crippen molar-refractivity contribution in [1.29, 1.82) is 0 Å². The molecule has 122 valence electrons. The quantitative estimate of drug-likeness (QED) is 0.445. The van der Waals surface area contributed by atoms with Crippen molar-refractivity contribution >= 4 is 11.9 Å². The first kappa shape index (κ1) is 16.1. The number of halogens is 3. The van der Waals surface area contributed by atoms with Crippen LogP contribution in [0.4, 0.5) is 13.2 Å². The van der Waals surface area contributed by atoms with Crippen molar-refractivity contribution in [3.8, 4) is 0 Å². The van der Waals surface area contributed by atoms with Gasteiger partial charge in [-0.3, -0.25) is 4.72 Å². The van der Waals surface area contributed by atoms with Crippen molar-refractivity contribution < 1.29 is 22.6 Å². The van der Waals surface area contributed by atoms with E-state index < -0.39 is 5.51 Å². The van der Waals surface area contributed by atoms with Gasteiger partial charge >= 0.3 is 5.51 Å².